The molecule has 2 aliphatic rings. The predicted molar refractivity (Wildman–Crippen MR) is 84.5 cm³/mol. The monoisotopic (exact) mass is 311 g/mol. The van der Waals surface area contributed by atoms with Crippen molar-refractivity contribution in [1.29, 1.82) is 0 Å². The van der Waals surface area contributed by atoms with Gasteiger partial charge in [-0.15, -0.1) is 0 Å². The second-order valence-electron chi connectivity index (χ2n) is 6.27. The maximum absolute atomic E-state index is 12.1. The van der Waals surface area contributed by atoms with E-state index in [1.54, 1.807) is 11.9 Å². The molecule has 0 aromatic rings. The first kappa shape index (κ1) is 17.2. The van der Waals surface area contributed by atoms with Crippen molar-refractivity contribution >= 4 is 11.8 Å². The molecule has 6 nitrogen and oxygen atoms in total. The van der Waals surface area contributed by atoms with E-state index < -0.39 is 11.8 Å². The number of morpholine rings is 1. The second-order valence-corrected chi connectivity index (χ2v) is 6.27. The first-order valence-electron chi connectivity index (χ1n) is 8.53. The molecule has 0 aromatic carbocycles. The maximum atomic E-state index is 12.1. The van der Waals surface area contributed by atoms with Crippen molar-refractivity contribution in [3.05, 3.63) is 0 Å². The van der Waals surface area contributed by atoms with Crippen LogP contribution in [0.3, 0.4) is 0 Å². The molecule has 2 rings (SSSR count). The van der Waals surface area contributed by atoms with Crippen molar-refractivity contribution in [2.24, 2.45) is 0 Å². The lowest BCUT2D eigenvalue weighted by atomic mass is 9.94. The smallest absolute Gasteiger partial charge is 0.311 e. The van der Waals surface area contributed by atoms with Gasteiger partial charge in [0.15, 0.2) is 0 Å². The number of rotatable bonds is 5. The van der Waals surface area contributed by atoms with Crippen LogP contribution < -0.4 is 5.32 Å². The zero-order valence-electron chi connectivity index (χ0n) is 13.7. The molecule has 1 aliphatic heterocycles. The van der Waals surface area contributed by atoms with Crippen LogP contribution in [0.1, 0.15) is 38.5 Å². The summed E-state index contributed by atoms with van der Waals surface area (Å²) in [7, 11) is 1.76. The topological polar surface area (TPSA) is 61.9 Å². The van der Waals surface area contributed by atoms with Gasteiger partial charge in [-0.1, -0.05) is 19.3 Å². The summed E-state index contributed by atoms with van der Waals surface area (Å²) < 4.78 is 5.30. The summed E-state index contributed by atoms with van der Waals surface area (Å²) in [5.74, 6) is -0.853. The first-order chi connectivity index (χ1) is 10.7. The van der Waals surface area contributed by atoms with Crippen LogP contribution in [0, 0.1) is 0 Å². The van der Waals surface area contributed by atoms with Gasteiger partial charge >= 0.3 is 11.8 Å². The van der Waals surface area contributed by atoms with Crippen LogP contribution in [-0.4, -0.2) is 74.1 Å². The number of hydrogen-bond acceptors (Lipinski definition) is 4. The van der Waals surface area contributed by atoms with Crippen molar-refractivity contribution in [2.45, 2.75) is 44.6 Å². The average molecular weight is 311 g/mol. The highest BCUT2D eigenvalue weighted by atomic mass is 16.5. The van der Waals surface area contributed by atoms with Gasteiger partial charge in [0.25, 0.3) is 0 Å². The molecular weight excluding hydrogens is 282 g/mol. The minimum absolute atomic E-state index is 0.236. The van der Waals surface area contributed by atoms with Gasteiger partial charge in [0, 0.05) is 32.7 Å². The standard InChI is InChI=1S/C16H29N3O3/c1-18(14-6-3-2-4-7-14)16(21)15(20)17-8-5-9-19-10-12-22-13-11-19/h14H,2-13H2,1H3,(H,17,20). The van der Waals surface area contributed by atoms with Gasteiger partial charge in [-0.3, -0.25) is 14.5 Å². The summed E-state index contributed by atoms with van der Waals surface area (Å²) in [5.41, 5.74) is 0. The minimum Gasteiger partial charge on any atom is -0.379 e. The molecular formula is C16H29N3O3. The van der Waals surface area contributed by atoms with E-state index in [1.807, 2.05) is 0 Å². The summed E-state index contributed by atoms with van der Waals surface area (Å²) in [6.07, 6.45) is 6.46. The second kappa shape index (κ2) is 9.10. The van der Waals surface area contributed by atoms with E-state index in [4.69, 9.17) is 4.74 Å². The maximum Gasteiger partial charge on any atom is 0.311 e. The van der Waals surface area contributed by atoms with E-state index in [1.165, 1.54) is 6.42 Å². The Morgan fingerprint density at radius 3 is 2.55 bits per heavy atom. The van der Waals surface area contributed by atoms with Gasteiger partial charge in [0.1, 0.15) is 0 Å². The number of ether oxygens (including phenoxy) is 1. The number of likely N-dealkylation sites (N-methyl/N-ethyl adjacent to an activating group) is 1. The van der Waals surface area contributed by atoms with E-state index in [2.05, 4.69) is 10.2 Å². The fourth-order valence-electron chi connectivity index (χ4n) is 3.20. The first-order valence-corrected chi connectivity index (χ1v) is 8.53. The van der Waals surface area contributed by atoms with E-state index in [0.29, 0.717) is 6.54 Å². The highest BCUT2D eigenvalue weighted by molar-refractivity contribution is 6.35. The number of nitrogens with one attached hydrogen (secondary N) is 1. The Morgan fingerprint density at radius 1 is 1.18 bits per heavy atom. The predicted octanol–water partition coefficient (Wildman–Crippen LogP) is 0.616. The molecule has 0 aromatic heterocycles. The lowest BCUT2D eigenvalue weighted by Gasteiger charge is -2.30. The Hall–Kier alpha value is -1.14. The van der Waals surface area contributed by atoms with E-state index in [0.717, 1.165) is 65.0 Å². The Balaban J connectivity index is 1.62. The Labute approximate surface area is 133 Å². The van der Waals surface area contributed by atoms with Crippen LogP contribution >= 0.6 is 0 Å². The molecule has 0 atom stereocenters. The SMILES string of the molecule is CN(C(=O)C(=O)NCCCN1CCOCC1)C1CCCCC1. The average Bonchev–Trinajstić information content (AvgIpc) is 2.59. The number of nitrogens with zero attached hydrogens (tertiary/aromatic N) is 2. The fourth-order valence-corrected chi connectivity index (χ4v) is 3.20. The Bertz CT molecular complexity index is 364. The molecule has 2 amide bonds. The number of amides is 2. The summed E-state index contributed by atoms with van der Waals surface area (Å²) in [6, 6.07) is 0.236. The highest BCUT2D eigenvalue weighted by Crippen LogP contribution is 2.21. The molecule has 0 unspecified atom stereocenters. The highest BCUT2D eigenvalue weighted by Gasteiger charge is 2.26. The summed E-state index contributed by atoms with van der Waals surface area (Å²) in [6.45, 7) is 4.99. The quantitative estimate of drug-likeness (QED) is 0.597. The van der Waals surface area contributed by atoms with Crippen LogP contribution in [0.4, 0.5) is 0 Å². The van der Waals surface area contributed by atoms with Crippen molar-refractivity contribution in [2.75, 3.05) is 46.4 Å². The van der Waals surface area contributed by atoms with Crippen molar-refractivity contribution in [1.82, 2.24) is 15.1 Å². The molecule has 2 fully saturated rings. The number of carbonyl (C=O) groups is 2. The van der Waals surface area contributed by atoms with Crippen LogP contribution in [0.5, 0.6) is 0 Å². The third kappa shape index (κ3) is 5.25. The van der Waals surface area contributed by atoms with Gasteiger partial charge in [-0.2, -0.15) is 0 Å². The van der Waals surface area contributed by atoms with Crippen LogP contribution in [0.2, 0.25) is 0 Å². The normalized spacial score (nSPS) is 20.6. The van der Waals surface area contributed by atoms with Crippen LogP contribution in [0.15, 0.2) is 0 Å². The summed E-state index contributed by atoms with van der Waals surface area (Å²) in [5, 5.41) is 2.75. The zero-order chi connectivity index (χ0) is 15.8. The van der Waals surface area contributed by atoms with Gasteiger partial charge in [0.2, 0.25) is 0 Å². The van der Waals surface area contributed by atoms with Crippen LogP contribution in [0.25, 0.3) is 0 Å². The molecule has 126 valence electrons. The molecule has 22 heavy (non-hydrogen) atoms. The number of carbonyl (C=O) groups excluding carboxylic acids is 2. The third-order valence-electron chi connectivity index (χ3n) is 4.68. The summed E-state index contributed by atoms with van der Waals surface area (Å²) in [4.78, 5) is 28.0. The lowest BCUT2D eigenvalue weighted by Crippen LogP contribution is -2.47. The molecule has 0 spiro atoms. The van der Waals surface area contributed by atoms with Crippen LogP contribution in [-0.2, 0) is 14.3 Å². The molecule has 1 saturated heterocycles. The fraction of sp³-hybridized carbons (Fsp3) is 0.875. The largest absolute Gasteiger partial charge is 0.379 e. The summed E-state index contributed by atoms with van der Waals surface area (Å²) >= 11 is 0. The zero-order valence-corrected chi connectivity index (χ0v) is 13.7. The van der Waals surface area contributed by atoms with E-state index in [-0.39, 0.29) is 6.04 Å². The van der Waals surface area contributed by atoms with Gasteiger partial charge in [-0.25, -0.2) is 0 Å². The van der Waals surface area contributed by atoms with E-state index >= 15 is 0 Å². The van der Waals surface area contributed by atoms with E-state index in [9.17, 15) is 9.59 Å². The minimum atomic E-state index is -0.463. The Morgan fingerprint density at radius 2 is 1.86 bits per heavy atom. The van der Waals surface area contributed by atoms with Gasteiger partial charge in [0.05, 0.1) is 13.2 Å². The molecule has 0 radical (unpaired) electrons. The number of hydrogen-bond donors (Lipinski definition) is 1. The molecule has 1 saturated carbocycles. The van der Waals surface area contributed by atoms with Crippen molar-refractivity contribution < 1.29 is 14.3 Å². The van der Waals surface area contributed by atoms with Crippen molar-refractivity contribution in [3.63, 3.8) is 0 Å². The molecule has 1 aliphatic carbocycles. The lowest BCUT2D eigenvalue weighted by molar-refractivity contribution is -0.146. The molecule has 1 heterocycles. The molecule has 6 heteroatoms. The molecule has 0 bridgehead atoms. The van der Waals surface area contributed by atoms with Gasteiger partial charge < -0.3 is 15.0 Å². The third-order valence-corrected chi connectivity index (χ3v) is 4.68. The van der Waals surface area contributed by atoms with Gasteiger partial charge in [-0.05, 0) is 25.8 Å². The van der Waals surface area contributed by atoms with Crippen molar-refractivity contribution in [3.8, 4) is 0 Å². The molecule has 1 N–H and O–H groups in total. The Kier molecular flexibility index (Phi) is 7.12.